The van der Waals surface area contributed by atoms with Crippen LogP contribution in [0.4, 0.5) is 32.3 Å². The standard InChI is InChI=1S/C15H12F6N8/c1-28-7-9(5-23-28)11-4-12(15(19,20)21)25-13(24-11)26-22-6-10-2-3-29(27-10)8-14(16,17)18/h2-7H,8H2,1H3,(H,24,25,26)/b22-6-. The number of aromatic nitrogens is 6. The van der Waals surface area contributed by atoms with Crippen LogP contribution in [-0.4, -0.2) is 41.9 Å². The number of halogens is 6. The number of aryl methyl sites for hydroxylation is 1. The Labute approximate surface area is 158 Å². The lowest BCUT2D eigenvalue weighted by Crippen LogP contribution is -2.18. The van der Waals surface area contributed by atoms with E-state index < -0.39 is 30.5 Å². The smallest absolute Gasteiger partial charge is 0.275 e. The summed E-state index contributed by atoms with van der Waals surface area (Å²) in [5, 5.41) is 11.1. The van der Waals surface area contributed by atoms with E-state index in [9.17, 15) is 26.3 Å². The lowest BCUT2D eigenvalue weighted by atomic mass is 10.2. The quantitative estimate of drug-likeness (QED) is 0.391. The Hall–Kier alpha value is -3.45. The van der Waals surface area contributed by atoms with E-state index in [-0.39, 0.29) is 11.4 Å². The molecule has 0 saturated carbocycles. The van der Waals surface area contributed by atoms with E-state index in [1.54, 1.807) is 7.05 Å². The number of nitrogens with one attached hydrogen (secondary N) is 1. The first-order valence-electron chi connectivity index (χ1n) is 7.84. The number of anilines is 1. The predicted octanol–water partition coefficient (Wildman–Crippen LogP) is 3.10. The number of alkyl halides is 6. The molecular weight excluding hydrogens is 406 g/mol. The third-order valence-electron chi connectivity index (χ3n) is 3.38. The summed E-state index contributed by atoms with van der Waals surface area (Å²) in [4.78, 5) is 7.31. The fourth-order valence-corrected chi connectivity index (χ4v) is 2.22. The van der Waals surface area contributed by atoms with Crippen LogP contribution in [-0.2, 0) is 19.8 Å². The maximum atomic E-state index is 13.1. The van der Waals surface area contributed by atoms with E-state index in [1.807, 2.05) is 0 Å². The van der Waals surface area contributed by atoms with Gasteiger partial charge >= 0.3 is 12.4 Å². The van der Waals surface area contributed by atoms with Crippen LogP contribution in [0.2, 0.25) is 0 Å². The monoisotopic (exact) mass is 418 g/mol. The summed E-state index contributed by atoms with van der Waals surface area (Å²) >= 11 is 0. The second-order valence-corrected chi connectivity index (χ2v) is 5.79. The zero-order valence-electron chi connectivity index (χ0n) is 14.6. The van der Waals surface area contributed by atoms with Crippen molar-refractivity contribution in [1.29, 1.82) is 0 Å². The molecule has 3 aromatic heterocycles. The summed E-state index contributed by atoms with van der Waals surface area (Å²) in [6.07, 6.45) is -4.23. The van der Waals surface area contributed by atoms with Crippen molar-refractivity contribution in [3.8, 4) is 11.3 Å². The van der Waals surface area contributed by atoms with Crippen LogP contribution in [0, 0.1) is 0 Å². The molecule has 0 aliphatic heterocycles. The zero-order chi connectivity index (χ0) is 21.2. The lowest BCUT2D eigenvalue weighted by molar-refractivity contribution is -0.143. The van der Waals surface area contributed by atoms with Crippen molar-refractivity contribution in [1.82, 2.24) is 29.5 Å². The summed E-state index contributed by atoms with van der Waals surface area (Å²) in [6, 6.07) is 2.02. The van der Waals surface area contributed by atoms with Crippen molar-refractivity contribution in [3.05, 3.63) is 42.1 Å². The van der Waals surface area contributed by atoms with E-state index >= 15 is 0 Å². The number of rotatable bonds is 5. The average Bonchev–Trinajstić information content (AvgIpc) is 3.21. The zero-order valence-corrected chi connectivity index (χ0v) is 14.6. The highest BCUT2D eigenvalue weighted by Crippen LogP contribution is 2.31. The van der Waals surface area contributed by atoms with Crippen molar-refractivity contribution in [2.24, 2.45) is 12.1 Å². The van der Waals surface area contributed by atoms with Crippen molar-refractivity contribution < 1.29 is 26.3 Å². The Bertz CT molecular complexity index is 1020. The predicted molar refractivity (Wildman–Crippen MR) is 88.7 cm³/mol. The van der Waals surface area contributed by atoms with E-state index in [0.29, 0.717) is 10.2 Å². The van der Waals surface area contributed by atoms with Crippen molar-refractivity contribution in [2.75, 3.05) is 5.43 Å². The highest BCUT2D eigenvalue weighted by atomic mass is 19.4. The molecule has 0 aliphatic carbocycles. The molecule has 14 heteroatoms. The summed E-state index contributed by atoms with van der Waals surface area (Å²) in [5.74, 6) is -0.454. The Morgan fingerprint density at radius 3 is 2.55 bits per heavy atom. The van der Waals surface area contributed by atoms with Crippen LogP contribution in [0.25, 0.3) is 11.3 Å². The molecule has 3 aromatic rings. The molecular formula is C15H12F6N8. The van der Waals surface area contributed by atoms with Gasteiger partial charge in [0.1, 0.15) is 12.2 Å². The van der Waals surface area contributed by atoms with Gasteiger partial charge in [-0.25, -0.2) is 15.4 Å². The van der Waals surface area contributed by atoms with Crippen LogP contribution in [0.5, 0.6) is 0 Å². The van der Waals surface area contributed by atoms with Crippen LogP contribution in [0.15, 0.2) is 35.8 Å². The van der Waals surface area contributed by atoms with E-state index in [4.69, 9.17) is 0 Å². The minimum Gasteiger partial charge on any atom is -0.275 e. The second-order valence-electron chi connectivity index (χ2n) is 5.79. The van der Waals surface area contributed by atoms with Gasteiger partial charge < -0.3 is 0 Å². The minimum atomic E-state index is -4.73. The molecule has 0 aromatic carbocycles. The first kappa shape index (κ1) is 20.3. The van der Waals surface area contributed by atoms with Gasteiger partial charge in [0, 0.05) is 25.0 Å². The average molecular weight is 418 g/mol. The van der Waals surface area contributed by atoms with Crippen LogP contribution < -0.4 is 5.43 Å². The molecule has 154 valence electrons. The number of hydrogen-bond donors (Lipinski definition) is 1. The molecule has 0 radical (unpaired) electrons. The normalized spacial score (nSPS) is 12.7. The fourth-order valence-electron chi connectivity index (χ4n) is 2.22. The highest BCUT2D eigenvalue weighted by Gasteiger charge is 2.34. The maximum absolute atomic E-state index is 13.1. The van der Waals surface area contributed by atoms with Crippen molar-refractivity contribution in [3.63, 3.8) is 0 Å². The van der Waals surface area contributed by atoms with Crippen molar-refractivity contribution >= 4 is 12.2 Å². The van der Waals surface area contributed by atoms with E-state index in [1.165, 1.54) is 23.1 Å². The second kappa shape index (κ2) is 7.52. The Kier molecular flexibility index (Phi) is 5.26. The van der Waals surface area contributed by atoms with Gasteiger partial charge in [-0.3, -0.25) is 9.36 Å². The summed E-state index contributed by atoms with van der Waals surface area (Å²) in [7, 11) is 1.59. The Morgan fingerprint density at radius 2 is 1.93 bits per heavy atom. The molecule has 0 atom stereocenters. The third-order valence-corrected chi connectivity index (χ3v) is 3.38. The molecule has 3 rings (SSSR count). The lowest BCUT2D eigenvalue weighted by Gasteiger charge is -2.09. The number of hydrogen-bond acceptors (Lipinski definition) is 6. The number of hydrazone groups is 1. The molecule has 3 heterocycles. The first-order valence-corrected chi connectivity index (χ1v) is 7.84. The van der Waals surface area contributed by atoms with Gasteiger partial charge in [-0.15, -0.1) is 0 Å². The van der Waals surface area contributed by atoms with Crippen molar-refractivity contribution in [2.45, 2.75) is 18.9 Å². The number of nitrogens with zero attached hydrogens (tertiary/aromatic N) is 7. The van der Waals surface area contributed by atoms with Gasteiger partial charge in [-0.05, 0) is 12.1 Å². The molecule has 0 amide bonds. The Balaban J connectivity index is 1.80. The third kappa shape index (κ3) is 5.52. The minimum absolute atomic E-state index is 0.0346. The summed E-state index contributed by atoms with van der Waals surface area (Å²) < 4.78 is 78.3. The molecule has 0 saturated heterocycles. The topological polar surface area (TPSA) is 85.8 Å². The SMILES string of the molecule is Cn1cc(-c2cc(C(F)(F)F)nc(N/N=C\c3ccn(CC(F)(F)F)n3)n2)cn1. The van der Waals surface area contributed by atoms with Gasteiger partial charge in [0.15, 0.2) is 5.69 Å². The van der Waals surface area contributed by atoms with E-state index in [0.717, 1.165) is 18.5 Å². The molecule has 0 fully saturated rings. The molecule has 0 bridgehead atoms. The molecule has 8 nitrogen and oxygen atoms in total. The summed E-state index contributed by atoms with van der Waals surface area (Å²) in [5.41, 5.74) is 1.39. The van der Waals surface area contributed by atoms with Crippen LogP contribution in [0.1, 0.15) is 11.4 Å². The largest absolute Gasteiger partial charge is 0.433 e. The molecule has 29 heavy (non-hydrogen) atoms. The molecule has 0 unspecified atom stereocenters. The first-order chi connectivity index (χ1) is 13.5. The maximum Gasteiger partial charge on any atom is 0.433 e. The molecule has 0 aliphatic rings. The fraction of sp³-hybridized carbons (Fsp3) is 0.267. The van der Waals surface area contributed by atoms with Crippen LogP contribution in [0.3, 0.4) is 0 Å². The van der Waals surface area contributed by atoms with E-state index in [2.05, 4.69) is 30.7 Å². The van der Waals surface area contributed by atoms with Gasteiger partial charge in [-0.1, -0.05) is 0 Å². The summed E-state index contributed by atoms with van der Waals surface area (Å²) in [6.45, 7) is -1.28. The van der Waals surface area contributed by atoms with Gasteiger partial charge in [0.2, 0.25) is 5.95 Å². The highest BCUT2D eigenvalue weighted by molar-refractivity contribution is 5.77. The van der Waals surface area contributed by atoms with Gasteiger partial charge in [-0.2, -0.15) is 41.6 Å². The van der Waals surface area contributed by atoms with Crippen LogP contribution >= 0.6 is 0 Å². The Morgan fingerprint density at radius 1 is 1.17 bits per heavy atom. The van der Waals surface area contributed by atoms with Gasteiger partial charge in [0.05, 0.1) is 18.1 Å². The molecule has 1 N–H and O–H groups in total. The molecule has 0 spiro atoms. The van der Waals surface area contributed by atoms with Gasteiger partial charge in [0.25, 0.3) is 0 Å².